The van der Waals surface area contributed by atoms with E-state index < -0.39 is 11.9 Å². The van der Waals surface area contributed by atoms with Crippen LogP contribution in [0.15, 0.2) is 24.3 Å². The minimum Gasteiger partial charge on any atom is -0.497 e. The predicted octanol–water partition coefficient (Wildman–Crippen LogP) is 1.46. The van der Waals surface area contributed by atoms with Crippen molar-refractivity contribution < 1.29 is 19.4 Å². The third-order valence-corrected chi connectivity index (χ3v) is 3.80. The highest BCUT2D eigenvalue weighted by atomic mass is 16.5. The lowest BCUT2D eigenvalue weighted by atomic mass is 9.73. The first kappa shape index (κ1) is 14.4. The number of carbonyl (C=O) groups is 2. The molecule has 20 heavy (non-hydrogen) atoms. The molecular weight excluding hydrogens is 258 g/mol. The highest BCUT2D eigenvalue weighted by molar-refractivity contribution is 5.86. The van der Waals surface area contributed by atoms with Crippen LogP contribution in [0.2, 0.25) is 0 Å². The fourth-order valence-electron chi connectivity index (χ4n) is 2.36. The summed E-state index contributed by atoms with van der Waals surface area (Å²) in [6, 6.07) is 7.66. The second-order valence-electron chi connectivity index (χ2n) is 5.02. The highest BCUT2D eigenvalue weighted by Crippen LogP contribution is 2.34. The molecule has 1 aliphatic carbocycles. The van der Waals surface area contributed by atoms with Gasteiger partial charge >= 0.3 is 5.97 Å². The maximum Gasteiger partial charge on any atom is 0.307 e. The summed E-state index contributed by atoms with van der Waals surface area (Å²) in [4.78, 5) is 22.7. The van der Waals surface area contributed by atoms with Crippen molar-refractivity contribution in [2.75, 3.05) is 13.7 Å². The number of carbonyl (C=O) groups excluding carboxylic acids is 1. The Kier molecular flexibility index (Phi) is 4.61. The summed E-state index contributed by atoms with van der Waals surface area (Å²) in [6.07, 6.45) is 2.00. The fraction of sp³-hybridized carbons (Fsp3) is 0.467. The summed E-state index contributed by atoms with van der Waals surface area (Å²) in [7, 11) is 1.62. The molecule has 1 fully saturated rings. The first-order chi connectivity index (χ1) is 9.61. The summed E-state index contributed by atoms with van der Waals surface area (Å²) in [6.45, 7) is 0.522. The first-order valence-electron chi connectivity index (χ1n) is 6.75. The topological polar surface area (TPSA) is 75.6 Å². The van der Waals surface area contributed by atoms with Gasteiger partial charge in [-0.1, -0.05) is 12.1 Å². The Balaban J connectivity index is 1.75. The van der Waals surface area contributed by atoms with Crippen molar-refractivity contribution in [3.63, 3.8) is 0 Å². The minimum atomic E-state index is -0.869. The van der Waals surface area contributed by atoms with Crippen molar-refractivity contribution in [1.82, 2.24) is 5.32 Å². The number of methoxy groups -OCH3 is 1. The van der Waals surface area contributed by atoms with Crippen LogP contribution >= 0.6 is 0 Å². The van der Waals surface area contributed by atoms with Crippen molar-refractivity contribution in [2.24, 2.45) is 11.8 Å². The SMILES string of the molecule is COc1ccc(CCNC(=O)C2CCC2C(=O)O)cc1. The molecule has 0 spiro atoms. The predicted molar refractivity (Wildman–Crippen MR) is 73.6 cm³/mol. The number of ether oxygens (including phenoxy) is 1. The average Bonchev–Trinajstić information content (AvgIpc) is 2.37. The summed E-state index contributed by atoms with van der Waals surface area (Å²) in [5.41, 5.74) is 1.11. The average molecular weight is 277 g/mol. The van der Waals surface area contributed by atoms with Crippen LogP contribution in [0, 0.1) is 11.8 Å². The zero-order valence-electron chi connectivity index (χ0n) is 11.5. The van der Waals surface area contributed by atoms with Gasteiger partial charge < -0.3 is 15.2 Å². The molecular formula is C15H19NO4. The third kappa shape index (κ3) is 3.29. The summed E-state index contributed by atoms with van der Waals surface area (Å²) in [5, 5.41) is 11.7. The van der Waals surface area contributed by atoms with Gasteiger partial charge in [-0.25, -0.2) is 0 Å². The van der Waals surface area contributed by atoms with Crippen LogP contribution in [-0.2, 0) is 16.0 Å². The molecule has 1 amide bonds. The van der Waals surface area contributed by atoms with E-state index in [1.165, 1.54) is 0 Å². The van der Waals surface area contributed by atoms with E-state index in [-0.39, 0.29) is 11.8 Å². The van der Waals surface area contributed by atoms with Gasteiger partial charge in [-0.15, -0.1) is 0 Å². The van der Waals surface area contributed by atoms with E-state index in [2.05, 4.69) is 5.32 Å². The Hall–Kier alpha value is -2.04. The number of nitrogens with one attached hydrogen (secondary N) is 1. The van der Waals surface area contributed by atoms with Crippen LogP contribution in [0.5, 0.6) is 5.75 Å². The maximum atomic E-state index is 11.8. The van der Waals surface area contributed by atoms with Gasteiger partial charge in [0, 0.05) is 6.54 Å². The molecule has 0 saturated heterocycles. The lowest BCUT2D eigenvalue weighted by molar-refractivity contribution is -0.152. The van der Waals surface area contributed by atoms with Crippen molar-refractivity contribution >= 4 is 11.9 Å². The molecule has 0 aliphatic heterocycles. The zero-order valence-corrected chi connectivity index (χ0v) is 11.5. The highest BCUT2D eigenvalue weighted by Gasteiger charge is 2.41. The van der Waals surface area contributed by atoms with E-state index in [0.29, 0.717) is 19.4 Å². The van der Waals surface area contributed by atoms with Gasteiger partial charge in [-0.05, 0) is 37.0 Å². The van der Waals surface area contributed by atoms with Crippen molar-refractivity contribution in [1.29, 1.82) is 0 Å². The normalized spacial score (nSPS) is 20.9. The summed E-state index contributed by atoms with van der Waals surface area (Å²) >= 11 is 0. The van der Waals surface area contributed by atoms with Crippen molar-refractivity contribution in [3.05, 3.63) is 29.8 Å². The number of amides is 1. The van der Waals surface area contributed by atoms with Crippen LogP contribution in [0.4, 0.5) is 0 Å². The molecule has 0 radical (unpaired) electrons. The van der Waals surface area contributed by atoms with Gasteiger partial charge in [0.1, 0.15) is 5.75 Å². The fourth-order valence-corrected chi connectivity index (χ4v) is 2.36. The van der Waals surface area contributed by atoms with Gasteiger partial charge in [0.05, 0.1) is 18.9 Å². The van der Waals surface area contributed by atoms with E-state index in [4.69, 9.17) is 9.84 Å². The Morgan fingerprint density at radius 3 is 2.40 bits per heavy atom. The number of rotatable bonds is 6. The summed E-state index contributed by atoms with van der Waals surface area (Å²) < 4.78 is 5.07. The van der Waals surface area contributed by atoms with Gasteiger partial charge in [-0.3, -0.25) is 9.59 Å². The molecule has 2 N–H and O–H groups in total. The van der Waals surface area contributed by atoms with E-state index >= 15 is 0 Å². The second kappa shape index (κ2) is 6.41. The molecule has 0 aromatic heterocycles. The number of benzene rings is 1. The molecule has 0 bridgehead atoms. The van der Waals surface area contributed by atoms with Crippen LogP contribution in [0.25, 0.3) is 0 Å². The van der Waals surface area contributed by atoms with Crippen LogP contribution < -0.4 is 10.1 Å². The van der Waals surface area contributed by atoms with Gasteiger partial charge in [0.25, 0.3) is 0 Å². The minimum absolute atomic E-state index is 0.142. The van der Waals surface area contributed by atoms with E-state index in [1.54, 1.807) is 7.11 Å². The Morgan fingerprint density at radius 2 is 1.90 bits per heavy atom. The molecule has 1 aromatic rings. The molecule has 2 atom stereocenters. The molecule has 108 valence electrons. The lowest BCUT2D eigenvalue weighted by Gasteiger charge is -2.31. The van der Waals surface area contributed by atoms with Crippen molar-refractivity contribution in [3.8, 4) is 5.75 Å². The van der Waals surface area contributed by atoms with Crippen molar-refractivity contribution in [2.45, 2.75) is 19.3 Å². The molecule has 2 rings (SSSR count). The Labute approximate surface area is 117 Å². The first-order valence-corrected chi connectivity index (χ1v) is 6.75. The standard InChI is InChI=1S/C15H19NO4/c1-20-11-4-2-10(3-5-11)8-9-16-14(17)12-6-7-13(12)15(18)19/h2-5,12-13H,6-9H2,1H3,(H,16,17)(H,18,19). The van der Waals surface area contributed by atoms with Crippen LogP contribution in [0.3, 0.4) is 0 Å². The van der Waals surface area contributed by atoms with E-state index in [1.807, 2.05) is 24.3 Å². The maximum absolute atomic E-state index is 11.8. The zero-order chi connectivity index (χ0) is 14.5. The largest absolute Gasteiger partial charge is 0.497 e. The second-order valence-corrected chi connectivity index (χ2v) is 5.02. The van der Waals surface area contributed by atoms with Gasteiger partial charge in [0.15, 0.2) is 0 Å². The molecule has 2 unspecified atom stereocenters. The number of carboxylic acids is 1. The number of aliphatic carboxylic acids is 1. The number of carboxylic acid groups (broad SMARTS) is 1. The van der Waals surface area contributed by atoms with Crippen LogP contribution in [0.1, 0.15) is 18.4 Å². The Morgan fingerprint density at radius 1 is 1.25 bits per heavy atom. The summed E-state index contributed by atoms with van der Waals surface area (Å²) in [5.74, 6) is -1.07. The van der Waals surface area contributed by atoms with Crippen LogP contribution in [-0.4, -0.2) is 30.6 Å². The number of hydrogen-bond acceptors (Lipinski definition) is 3. The van der Waals surface area contributed by atoms with E-state index in [9.17, 15) is 9.59 Å². The smallest absolute Gasteiger partial charge is 0.307 e. The monoisotopic (exact) mass is 277 g/mol. The molecule has 5 nitrogen and oxygen atoms in total. The quantitative estimate of drug-likeness (QED) is 0.825. The third-order valence-electron chi connectivity index (χ3n) is 3.80. The Bertz CT molecular complexity index is 483. The molecule has 1 aromatic carbocycles. The van der Waals surface area contributed by atoms with E-state index in [0.717, 1.165) is 17.7 Å². The number of hydrogen-bond donors (Lipinski definition) is 2. The molecule has 0 heterocycles. The molecule has 1 aliphatic rings. The lowest BCUT2D eigenvalue weighted by Crippen LogP contribution is -2.44. The van der Waals surface area contributed by atoms with Gasteiger partial charge in [0.2, 0.25) is 5.91 Å². The molecule has 1 saturated carbocycles. The van der Waals surface area contributed by atoms with Gasteiger partial charge in [-0.2, -0.15) is 0 Å². The molecule has 5 heteroatoms.